The van der Waals surface area contributed by atoms with Crippen molar-refractivity contribution >= 4 is 4.40 Å². The predicted molar refractivity (Wildman–Crippen MR) is 10.7 cm³/mol. The van der Waals surface area contributed by atoms with Gasteiger partial charge in [0.25, 0.3) is 0 Å². The minimum absolute atomic E-state index is 0. The molecule has 114 valence electrons. The Morgan fingerprint density at radius 2 is 0.421 bits per heavy atom. The summed E-state index contributed by atoms with van der Waals surface area (Å²) < 4.78 is 2.83. The summed E-state index contributed by atoms with van der Waals surface area (Å²) in [7, 11) is 0. The van der Waals surface area contributed by atoms with E-state index in [9.17, 15) is 0 Å². The van der Waals surface area contributed by atoms with Crippen LogP contribution >= 0.6 is 0 Å². The molecule has 0 radical (unpaired) electrons. The fourth-order valence-corrected chi connectivity index (χ4v) is 0. The molecule has 0 aliphatic carbocycles. The third-order valence-corrected chi connectivity index (χ3v) is 0. The van der Waals surface area contributed by atoms with Crippen LogP contribution in [-0.4, -0.2) is 4.40 Å². The molecule has 0 saturated carbocycles. The molecular formula is C2H3W17-. The van der Waals surface area contributed by atoms with Gasteiger partial charge >= 0.3 is 95.6 Å². The van der Waals surface area contributed by atoms with Gasteiger partial charge in [-0.3, -0.25) is 0 Å². The molecule has 0 heterocycles. The Morgan fingerprint density at radius 3 is 0.421 bits per heavy atom. The molecule has 0 atom stereocenters. The average Bonchev–Trinajstić information content (AvgIpc) is 1.78. The van der Waals surface area contributed by atoms with Gasteiger partial charge in [-0.25, -0.2) is 0 Å². The first-order valence-electron chi connectivity index (χ1n) is 1.04. The summed E-state index contributed by atoms with van der Waals surface area (Å²) in [5.74, 6) is 0. The Hall–Kier alpha value is 11.6. The van der Waals surface area contributed by atoms with E-state index in [4.69, 9.17) is 0 Å². The summed E-state index contributed by atoms with van der Waals surface area (Å²) >= 11 is 8.09. The number of hydrogen-bond acceptors (Lipinski definition) is 0. The first kappa shape index (κ1) is 110. The molecule has 0 aliphatic rings. The van der Waals surface area contributed by atoms with E-state index in [0.29, 0.717) is 0 Å². The average molecular weight is 3150 g/mol. The molecular weight excluding hydrogens is 3150 g/mol. The van der Waals surface area contributed by atoms with E-state index in [1.165, 1.54) is 19.4 Å². The van der Waals surface area contributed by atoms with Crippen LogP contribution in [0.5, 0.6) is 0 Å². The standard InChI is InChI=1S/C2H3.17W/c1-2;;;;;;;;;;;;;;;;;/h1H3;;;;;;;;;;;;;;;;;/q-1;;;;;;;;;;;;;;;;;. The second kappa shape index (κ2) is 153. The number of hydrogen-bond donors (Lipinski definition) is 0. The van der Waals surface area contributed by atoms with Gasteiger partial charge in [-0.05, 0) is 0 Å². The summed E-state index contributed by atoms with van der Waals surface area (Å²) in [6.45, 7) is 1.91. The van der Waals surface area contributed by atoms with Gasteiger partial charge in [-0.1, -0.05) is 0 Å². The third-order valence-electron chi connectivity index (χ3n) is 0. The van der Waals surface area contributed by atoms with E-state index in [2.05, 4.69) is 4.40 Å². The molecule has 17 heteroatoms. The summed E-state index contributed by atoms with van der Waals surface area (Å²) in [5, 5.41) is 0. The fraction of sp³-hybridized carbons (Fsp3) is 0.500. The van der Waals surface area contributed by atoms with E-state index >= 15 is 0 Å². The maximum atomic E-state index is 2.83. The molecule has 0 aliphatic heterocycles. The van der Waals surface area contributed by atoms with Gasteiger partial charge in [0.1, 0.15) is 0 Å². The van der Waals surface area contributed by atoms with E-state index in [-0.39, 0.29) is 253 Å². The van der Waals surface area contributed by atoms with Crippen LogP contribution in [0.25, 0.3) is 0 Å². The molecule has 0 saturated heterocycles. The molecule has 0 aromatic rings. The summed E-state index contributed by atoms with van der Waals surface area (Å²) in [4.78, 5) is 0. The Labute approximate surface area is 338 Å². The molecule has 19 heavy (non-hydrogen) atoms. The monoisotopic (exact) mass is 3150 g/mol. The molecule has 0 amide bonds. The molecule has 0 unspecified atom stereocenters. The summed E-state index contributed by atoms with van der Waals surface area (Å²) in [6.07, 6.45) is 0. The molecule has 0 aromatic heterocycles. The second-order valence-corrected chi connectivity index (χ2v) is 1.67. The zero-order valence-electron chi connectivity index (χ0n) is 8.44. The SMILES string of the molecule is C[C-]=[W].[W].[W].[W].[W].[W].[W].[W].[W].[W].[W].[W].[W].[W]=[W].[W]=[W]. The third kappa shape index (κ3) is 168. The van der Waals surface area contributed by atoms with Crippen LogP contribution in [0.3, 0.4) is 0 Å². The molecule has 0 aromatic carbocycles. The quantitative estimate of drug-likeness (QED) is 0.305. The zero-order chi connectivity index (χ0) is 6.71. The zero-order valence-corrected chi connectivity index (χ0v) is 58.3. The van der Waals surface area contributed by atoms with Gasteiger partial charge in [0.2, 0.25) is 0 Å². The van der Waals surface area contributed by atoms with E-state index < -0.39 is 0 Å². The van der Waals surface area contributed by atoms with Crippen LogP contribution in [0.2, 0.25) is 0 Å². The van der Waals surface area contributed by atoms with Crippen molar-refractivity contribution in [1.29, 1.82) is 0 Å². The van der Waals surface area contributed by atoms with Crippen molar-refractivity contribution in [2.45, 2.75) is 6.92 Å². The molecule has 0 spiro atoms. The second-order valence-electron chi connectivity index (χ2n) is 0.204. The Bertz CT molecular complexity index is 28.4. The van der Waals surface area contributed by atoms with Crippen molar-refractivity contribution in [2.24, 2.45) is 0 Å². The van der Waals surface area contributed by atoms with Crippen LogP contribution < -0.4 is 0 Å². The van der Waals surface area contributed by atoms with E-state index in [1.54, 1.807) is 64.9 Å². The Morgan fingerprint density at radius 1 is 0.421 bits per heavy atom. The Kier molecular flexibility index (Phi) is 886. The molecule has 0 fully saturated rings. The van der Waals surface area contributed by atoms with Crippen LogP contribution in [0, 0.1) is 0 Å². The Balaban J connectivity index is -0.000000000747. The van der Waals surface area contributed by atoms with E-state index in [1.807, 2.05) is 6.92 Å². The van der Waals surface area contributed by atoms with Gasteiger partial charge in [0, 0.05) is 253 Å². The van der Waals surface area contributed by atoms with Gasteiger partial charge in [0.05, 0.1) is 0 Å². The van der Waals surface area contributed by atoms with Crippen molar-refractivity contribution in [1.82, 2.24) is 0 Å². The van der Waals surface area contributed by atoms with Crippen LogP contribution in [0.4, 0.5) is 0 Å². The topological polar surface area (TPSA) is 0 Å². The predicted octanol–water partition coefficient (Wildman–Crippen LogP) is 0.192. The normalized spacial score (nSPS) is 1.11. The van der Waals surface area contributed by atoms with Crippen molar-refractivity contribution in [2.75, 3.05) is 0 Å². The van der Waals surface area contributed by atoms with Crippen molar-refractivity contribution in [3.8, 4) is 0 Å². The van der Waals surface area contributed by atoms with Gasteiger partial charge in [-0.15, -0.1) is 0 Å². The van der Waals surface area contributed by atoms with Gasteiger partial charge in [-0.2, -0.15) is 0 Å². The summed E-state index contributed by atoms with van der Waals surface area (Å²) in [5.41, 5.74) is 0. The molecule has 0 nitrogen and oxygen atoms in total. The van der Waals surface area contributed by atoms with Crippen LogP contribution in [-0.2, 0) is 337 Å². The fourth-order valence-electron chi connectivity index (χ4n) is 0. The van der Waals surface area contributed by atoms with Crippen LogP contribution in [0.15, 0.2) is 0 Å². The molecule has 0 rings (SSSR count). The van der Waals surface area contributed by atoms with Crippen molar-refractivity contribution in [3.63, 3.8) is 0 Å². The first-order chi connectivity index (χ1) is 3.41. The van der Waals surface area contributed by atoms with Crippen molar-refractivity contribution in [3.05, 3.63) is 0 Å². The minimum atomic E-state index is 0. The molecule has 0 bridgehead atoms. The molecule has 0 N–H and O–H groups in total. The number of rotatable bonds is 0. The maximum absolute atomic E-state index is 2.83. The van der Waals surface area contributed by atoms with Crippen molar-refractivity contribution < 1.29 is 337 Å². The van der Waals surface area contributed by atoms with Gasteiger partial charge < -0.3 is 0 Å². The summed E-state index contributed by atoms with van der Waals surface area (Å²) in [6, 6.07) is 0. The van der Waals surface area contributed by atoms with Crippen LogP contribution in [0.1, 0.15) is 6.92 Å². The first-order valence-corrected chi connectivity index (χ1v) is 24.5. The van der Waals surface area contributed by atoms with E-state index in [0.717, 1.165) is 0 Å². The van der Waals surface area contributed by atoms with Gasteiger partial charge in [0.15, 0.2) is 0 Å².